The molecule has 0 saturated heterocycles. The molecule has 2 N–H and O–H groups in total. The predicted molar refractivity (Wildman–Crippen MR) is 110 cm³/mol. The molecule has 0 aliphatic heterocycles. The molecular weight excluding hydrogens is 374 g/mol. The number of nitrogens with zero attached hydrogens (tertiary/aromatic N) is 3. The molecule has 7 heteroatoms. The van der Waals surface area contributed by atoms with E-state index in [0.29, 0.717) is 17.4 Å². The number of anilines is 2. The van der Waals surface area contributed by atoms with Crippen LogP contribution in [0.1, 0.15) is 16.1 Å². The fourth-order valence-electron chi connectivity index (χ4n) is 2.73. The highest BCUT2D eigenvalue weighted by Gasteiger charge is 2.09. The fraction of sp³-hybridized carbons (Fsp3) is 0.0476. The molecule has 0 saturated carbocycles. The van der Waals surface area contributed by atoms with Crippen molar-refractivity contribution in [3.63, 3.8) is 0 Å². The summed E-state index contributed by atoms with van der Waals surface area (Å²) >= 11 is 5.86. The van der Waals surface area contributed by atoms with E-state index in [9.17, 15) is 4.79 Å². The number of hydrogen-bond acceptors (Lipinski definition) is 5. The number of aromatic nitrogens is 3. The Kier molecular flexibility index (Phi) is 5.12. The van der Waals surface area contributed by atoms with Gasteiger partial charge in [0.2, 0.25) is 0 Å². The lowest BCUT2D eigenvalue weighted by atomic mass is 10.2. The quantitative estimate of drug-likeness (QED) is 0.530. The molecule has 2 aromatic carbocycles. The summed E-state index contributed by atoms with van der Waals surface area (Å²) in [6.45, 7) is 0.388. The molecule has 4 aromatic rings. The molecule has 6 nitrogen and oxygen atoms in total. The van der Waals surface area contributed by atoms with Crippen molar-refractivity contribution < 1.29 is 4.79 Å². The molecular formula is C21H16ClN5O. The summed E-state index contributed by atoms with van der Waals surface area (Å²) in [5, 5.41) is 7.69. The average molecular weight is 390 g/mol. The Morgan fingerprint density at radius 1 is 0.929 bits per heavy atom. The second kappa shape index (κ2) is 8.02. The molecule has 4 rings (SSSR count). The first-order valence-electron chi connectivity index (χ1n) is 8.64. The van der Waals surface area contributed by atoms with Crippen LogP contribution < -0.4 is 10.6 Å². The Morgan fingerprint density at radius 2 is 1.75 bits per heavy atom. The summed E-state index contributed by atoms with van der Waals surface area (Å²) in [6, 6.07) is 17.0. The molecule has 0 unspecified atom stereocenters. The maximum Gasteiger partial charge on any atom is 0.271 e. The summed E-state index contributed by atoms with van der Waals surface area (Å²) < 4.78 is 0. The number of carbonyl (C=O) groups is 1. The van der Waals surface area contributed by atoms with Gasteiger partial charge in [-0.2, -0.15) is 0 Å². The SMILES string of the molecule is O=C(NCc1ccc(Cl)cc1)c1cnc(Nc2cccc3cccnc23)cn1. The van der Waals surface area contributed by atoms with Crippen molar-refractivity contribution in [2.75, 3.05) is 5.32 Å². The van der Waals surface area contributed by atoms with Crippen LogP contribution in [0.3, 0.4) is 0 Å². The maximum absolute atomic E-state index is 12.3. The number of carbonyl (C=O) groups excluding carboxylic acids is 1. The highest BCUT2D eigenvalue weighted by Crippen LogP contribution is 2.23. The van der Waals surface area contributed by atoms with Gasteiger partial charge in [0.15, 0.2) is 0 Å². The maximum atomic E-state index is 12.3. The molecule has 138 valence electrons. The van der Waals surface area contributed by atoms with Crippen LogP contribution in [-0.2, 0) is 6.54 Å². The Bertz CT molecular complexity index is 1110. The van der Waals surface area contributed by atoms with E-state index in [4.69, 9.17) is 11.6 Å². The van der Waals surface area contributed by atoms with Gasteiger partial charge in [0.25, 0.3) is 5.91 Å². The zero-order chi connectivity index (χ0) is 19.3. The van der Waals surface area contributed by atoms with Crippen molar-refractivity contribution >= 4 is 39.9 Å². The predicted octanol–water partition coefficient (Wildman–Crippen LogP) is 4.35. The zero-order valence-electron chi connectivity index (χ0n) is 14.8. The number of benzene rings is 2. The van der Waals surface area contributed by atoms with E-state index in [1.807, 2.05) is 42.5 Å². The molecule has 0 spiro atoms. The standard InChI is InChI=1S/C21H16ClN5O/c22-16-8-6-14(7-9-16)11-26-21(28)18-12-25-19(13-24-18)27-17-5-1-3-15-4-2-10-23-20(15)17/h1-10,12-13H,11H2,(H,25,27)(H,26,28). The Morgan fingerprint density at radius 3 is 2.54 bits per heavy atom. The van der Waals surface area contributed by atoms with Crippen LogP contribution in [0.5, 0.6) is 0 Å². The van der Waals surface area contributed by atoms with Gasteiger partial charge in [0.1, 0.15) is 11.5 Å². The Hall–Kier alpha value is -3.51. The van der Waals surface area contributed by atoms with Crippen LogP contribution in [-0.4, -0.2) is 20.9 Å². The highest BCUT2D eigenvalue weighted by atomic mass is 35.5. The first-order chi connectivity index (χ1) is 13.7. The van der Waals surface area contributed by atoms with E-state index in [2.05, 4.69) is 25.6 Å². The van der Waals surface area contributed by atoms with Crippen molar-refractivity contribution in [1.29, 1.82) is 0 Å². The Balaban J connectivity index is 1.43. The monoisotopic (exact) mass is 389 g/mol. The number of halogens is 1. The van der Waals surface area contributed by atoms with Crippen LogP contribution in [0.2, 0.25) is 5.02 Å². The van der Waals surface area contributed by atoms with E-state index >= 15 is 0 Å². The summed E-state index contributed by atoms with van der Waals surface area (Å²) in [7, 11) is 0. The molecule has 0 fully saturated rings. The number of fused-ring (bicyclic) bond motifs is 1. The van der Waals surface area contributed by atoms with Gasteiger partial charge in [-0.25, -0.2) is 9.97 Å². The van der Waals surface area contributed by atoms with Gasteiger partial charge in [-0.05, 0) is 29.8 Å². The van der Waals surface area contributed by atoms with E-state index in [0.717, 1.165) is 22.2 Å². The Labute approximate surface area is 166 Å². The van der Waals surface area contributed by atoms with Gasteiger partial charge >= 0.3 is 0 Å². The van der Waals surface area contributed by atoms with Gasteiger partial charge in [0.05, 0.1) is 23.6 Å². The number of nitrogens with one attached hydrogen (secondary N) is 2. The normalized spacial score (nSPS) is 10.6. The van der Waals surface area contributed by atoms with E-state index < -0.39 is 0 Å². The first kappa shape index (κ1) is 17.9. The van der Waals surface area contributed by atoms with Gasteiger partial charge in [0, 0.05) is 23.2 Å². The topological polar surface area (TPSA) is 79.8 Å². The molecule has 1 amide bonds. The van der Waals surface area contributed by atoms with Gasteiger partial charge in [-0.3, -0.25) is 9.78 Å². The zero-order valence-corrected chi connectivity index (χ0v) is 15.5. The van der Waals surface area contributed by atoms with E-state index in [1.54, 1.807) is 18.3 Å². The van der Waals surface area contributed by atoms with Crippen molar-refractivity contribution in [3.05, 3.63) is 89.5 Å². The summed E-state index contributed by atoms with van der Waals surface area (Å²) in [4.78, 5) is 25.1. The van der Waals surface area contributed by atoms with Crippen LogP contribution in [0, 0.1) is 0 Å². The number of para-hydroxylation sites is 1. The summed E-state index contributed by atoms with van der Waals surface area (Å²) in [5.41, 5.74) is 2.87. The molecule has 0 radical (unpaired) electrons. The number of rotatable bonds is 5. The minimum absolute atomic E-state index is 0.246. The fourth-order valence-corrected chi connectivity index (χ4v) is 2.85. The molecule has 0 aliphatic rings. The van der Waals surface area contributed by atoms with Gasteiger partial charge in [-0.1, -0.05) is 41.9 Å². The van der Waals surface area contributed by atoms with Crippen molar-refractivity contribution in [2.24, 2.45) is 0 Å². The van der Waals surface area contributed by atoms with Crippen molar-refractivity contribution in [2.45, 2.75) is 6.54 Å². The number of amides is 1. The van der Waals surface area contributed by atoms with E-state index in [-0.39, 0.29) is 11.6 Å². The molecule has 0 bridgehead atoms. The minimum atomic E-state index is -0.291. The minimum Gasteiger partial charge on any atom is -0.347 e. The molecule has 28 heavy (non-hydrogen) atoms. The molecule has 2 heterocycles. The van der Waals surface area contributed by atoms with Crippen LogP contribution in [0.15, 0.2) is 73.2 Å². The lowest BCUT2D eigenvalue weighted by molar-refractivity contribution is 0.0945. The molecule has 0 aliphatic carbocycles. The first-order valence-corrected chi connectivity index (χ1v) is 9.02. The highest BCUT2D eigenvalue weighted by molar-refractivity contribution is 6.30. The van der Waals surface area contributed by atoms with Gasteiger partial charge in [-0.15, -0.1) is 0 Å². The van der Waals surface area contributed by atoms with Crippen molar-refractivity contribution in [1.82, 2.24) is 20.3 Å². The summed E-state index contributed by atoms with van der Waals surface area (Å²) in [5.74, 6) is 0.244. The van der Waals surface area contributed by atoms with Crippen molar-refractivity contribution in [3.8, 4) is 0 Å². The van der Waals surface area contributed by atoms with Crippen LogP contribution in [0.25, 0.3) is 10.9 Å². The largest absolute Gasteiger partial charge is 0.347 e. The third-order valence-corrected chi connectivity index (χ3v) is 4.40. The second-order valence-electron chi connectivity index (χ2n) is 6.10. The van der Waals surface area contributed by atoms with Crippen LogP contribution in [0.4, 0.5) is 11.5 Å². The second-order valence-corrected chi connectivity index (χ2v) is 6.54. The lowest BCUT2D eigenvalue weighted by Gasteiger charge is -2.09. The van der Waals surface area contributed by atoms with Crippen LogP contribution >= 0.6 is 11.6 Å². The average Bonchev–Trinajstić information content (AvgIpc) is 2.74. The third kappa shape index (κ3) is 4.07. The molecule has 0 atom stereocenters. The molecule has 2 aromatic heterocycles. The lowest BCUT2D eigenvalue weighted by Crippen LogP contribution is -2.24. The number of pyridine rings is 1. The smallest absolute Gasteiger partial charge is 0.271 e. The summed E-state index contributed by atoms with van der Waals surface area (Å²) in [6.07, 6.45) is 4.71. The van der Waals surface area contributed by atoms with Gasteiger partial charge < -0.3 is 10.6 Å². The third-order valence-electron chi connectivity index (χ3n) is 4.15. The van der Waals surface area contributed by atoms with E-state index in [1.165, 1.54) is 12.4 Å². The number of hydrogen-bond donors (Lipinski definition) is 2.